The Morgan fingerprint density at radius 2 is 1.71 bits per heavy atom. The highest BCUT2D eigenvalue weighted by Crippen LogP contribution is 2.17. The van der Waals surface area contributed by atoms with E-state index in [-0.39, 0.29) is 0 Å². The summed E-state index contributed by atoms with van der Waals surface area (Å²) in [5, 5.41) is 11.7. The Balaban J connectivity index is 3.72. The number of urea groups is 1. The summed E-state index contributed by atoms with van der Waals surface area (Å²) in [5.74, 6) is -2.07. The molecule has 0 spiro atoms. The second-order valence-electron chi connectivity index (χ2n) is 3.06. The van der Waals surface area contributed by atoms with E-state index in [1.807, 2.05) is 5.32 Å². The molecule has 0 radical (unpaired) electrons. The molecule has 0 aromatic carbocycles. The van der Waals surface area contributed by atoms with E-state index in [0.29, 0.717) is 0 Å². The van der Waals surface area contributed by atoms with Crippen LogP contribution >= 0.6 is 0 Å². The first-order valence-corrected chi connectivity index (χ1v) is 4.57. The number of nitrogens with one attached hydrogen (secondary N) is 2. The molecule has 0 aliphatic carbocycles. The van der Waals surface area contributed by atoms with Gasteiger partial charge in [0.15, 0.2) is 0 Å². The lowest BCUT2D eigenvalue weighted by molar-refractivity contribution is -0.138. The first-order valence-electron chi connectivity index (χ1n) is 4.57. The molecule has 0 heterocycles. The third-order valence-corrected chi connectivity index (χ3v) is 1.51. The topological polar surface area (TPSA) is 95.5 Å². The van der Waals surface area contributed by atoms with E-state index in [1.165, 1.54) is 0 Å². The van der Waals surface area contributed by atoms with Gasteiger partial charge in [0.25, 0.3) is 0 Å². The summed E-state index contributed by atoms with van der Waals surface area (Å²) in [4.78, 5) is 31.8. The van der Waals surface area contributed by atoms with Crippen LogP contribution in [0, 0.1) is 0 Å². The highest BCUT2D eigenvalue weighted by Gasteiger charge is 2.26. The van der Waals surface area contributed by atoms with Crippen LogP contribution in [0.15, 0.2) is 0 Å². The molecular formula is C8H11F3N2O4. The molecule has 0 saturated heterocycles. The summed E-state index contributed by atoms with van der Waals surface area (Å²) in [5.41, 5.74) is 0. The van der Waals surface area contributed by atoms with Crippen molar-refractivity contribution in [1.29, 1.82) is 0 Å². The summed E-state index contributed by atoms with van der Waals surface area (Å²) in [6.45, 7) is -0.651. The van der Waals surface area contributed by atoms with Crippen LogP contribution in [-0.2, 0) is 9.59 Å². The summed E-state index contributed by atoms with van der Waals surface area (Å²) >= 11 is 0. The second-order valence-corrected chi connectivity index (χ2v) is 3.06. The number of carbonyl (C=O) groups is 3. The predicted molar refractivity (Wildman–Crippen MR) is 49.1 cm³/mol. The number of aliphatic carboxylic acids is 1. The van der Waals surface area contributed by atoms with Gasteiger partial charge in [-0.15, -0.1) is 0 Å². The molecule has 0 rings (SSSR count). The number of rotatable bonds is 5. The minimum absolute atomic E-state index is 0.415. The predicted octanol–water partition coefficient (Wildman–Crippen LogP) is 0.629. The second kappa shape index (κ2) is 6.71. The van der Waals surface area contributed by atoms with Crippen LogP contribution in [0.3, 0.4) is 0 Å². The highest BCUT2D eigenvalue weighted by atomic mass is 19.4. The van der Waals surface area contributed by atoms with E-state index in [9.17, 15) is 27.6 Å². The van der Waals surface area contributed by atoms with Gasteiger partial charge in [-0.25, -0.2) is 4.79 Å². The molecule has 9 heteroatoms. The van der Waals surface area contributed by atoms with Crippen molar-refractivity contribution in [2.75, 3.05) is 6.54 Å². The maximum atomic E-state index is 11.7. The van der Waals surface area contributed by atoms with E-state index in [0.717, 1.165) is 0 Å². The molecule has 17 heavy (non-hydrogen) atoms. The van der Waals surface area contributed by atoms with Gasteiger partial charge >= 0.3 is 18.2 Å². The average molecular weight is 256 g/mol. The molecule has 98 valence electrons. The zero-order valence-corrected chi connectivity index (χ0v) is 8.63. The smallest absolute Gasteiger partial charge is 0.390 e. The Morgan fingerprint density at radius 1 is 1.12 bits per heavy atom. The summed E-state index contributed by atoms with van der Waals surface area (Å²) in [6, 6.07) is -1.08. The number of imide groups is 1. The fourth-order valence-electron chi connectivity index (χ4n) is 0.772. The van der Waals surface area contributed by atoms with Gasteiger partial charge < -0.3 is 10.4 Å². The number of hydrogen-bond donors (Lipinski definition) is 3. The largest absolute Gasteiger partial charge is 0.481 e. The number of alkyl halides is 3. The summed E-state index contributed by atoms with van der Waals surface area (Å²) in [6.07, 6.45) is -6.46. The van der Waals surface area contributed by atoms with Crippen LogP contribution in [0.5, 0.6) is 0 Å². The van der Waals surface area contributed by atoms with Crippen molar-refractivity contribution in [2.24, 2.45) is 0 Å². The fourth-order valence-corrected chi connectivity index (χ4v) is 0.772. The van der Waals surface area contributed by atoms with Crippen molar-refractivity contribution in [3.8, 4) is 0 Å². The maximum Gasteiger partial charge on any atom is 0.390 e. The van der Waals surface area contributed by atoms with Gasteiger partial charge in [-0.3, -0.25) is 14.9 Å². The van der Waals surface area contributed by atoms with E-state index in [1.54, 1.807) is 5.32 Å². The number of halogens is 3. The van der Waals surface area contributed by atoms with Crippen LogP contribution in [-0.4, -0.2) is 35.7 Å². The van der Waals surface area contributed by atoms with Gasteiger partial charge in [0.05, 0.1) is 12.8 Å². The monoisotopic (exact) mass is 256 g/mol. The molecule has 0 unspecified atom stereocenters. The van der Waals surface area contributed by atoms with Gasteiger partial charge in [0, 0.05) is 13.0 Å². The molecule has 0 fully saturated rings. The molecule has 0 saturated carbocycles. The number of amides is 3. The molecule has 0 bridgehead atoms. The number of carboxylic acid groups (broad SMARTS) is 1. The molecule has 3 amide bonds. The van der Waals surface area contributed by atoms with Crippen LogP contribution in [0.2, 0.25) is 0 Å². The molecule has 0 aromatic rings. The lowest BCUT2D eigenvalue weighted by Crippen LogP contribution is -2.40. The Hall–Kier alpha value is -1.80. The van der Waals surface area contributed by atoms with Gasteiger partial charge in [-0.2, -0.15) is 13.2 Å². The van der Waals surface area contributed by atoms with Crippen LogP contribution in [0.4, 0.5) is 18.0 Å². The van der Waals surface area contributed by atoms with Crippen LogP contribution < -0.4 is 10.6 Å². The van der Waals surface area contributed by atoms with E-state index >= 15 is 0 Å². The molecule has 0 aliphatic rings. The van der Waals surface area contributed by atoms with Crippen molar-refractivity contribution < 1.29 is 32.7 Å². The molecule has 3 N–H and O–H groups in total. The van der Waals surface area contributed by atoms with Crippen molar-refractivity contribution in [3.05, 3.63) is 0 Å². The van der Waals surface area contributed by atoms with Crippen LogP contribution in [0.1, 0.15) is 19.3 Å². The van der Waals surface area contributed by atoms with Crippen molar-refractivity contribution in [2.45, 2.75) is 25.4 Å². The van der Waals surface area contributed by atoms with Crippen molar-refractivity contribution in [3.63, 3.8) is 0 Å². The zero-order chi connectivity index (χ0) is 13.5. The number of carbonyl (C=O) groups excluding carboxylic acids is 2. The molecule has 6 nitrogen and oxygen atoms in total. The fraction of sp³-hybridized carbons (Fsp3) is 0.625. The Labute approximate surface area is 94.2 Å². The Kier molecular flexibility index (Phi) is 6.00. The lowest BCUT2D eigenvalue weighted by Gasteiger charge is -2.08. The summed E-state index contributed by atoms with van der Waals surface area (Å²) < 4.78 is 35.0. The molecule has 0 aromatic heterocycles. The van der Waals surface area contributed by atoms with Gasteiger partial charge in [-0.1, -0.05) is 0 Å². The molecule has 0 aliphatic heterocycles. The number of hydrogen-bond acceptors (Lipinski definition) is 3. The summed E-state index contributed by atoms with van der Waals surface area (Å²) in [7, 11) is 0. The van der Waals surface area contributed by atoms with Crippen molar-refractivity contribution in [1.82, 2.24) is 10.6 Å². The third-order valence-electron chi connectivity index (χ3n) is 1.51. The Morgan fingerprint density at radius 3 is 2.18 bits per heavy atom. The Bertz CT molecular complexity index is 304. The first kappa shape index (κ1) is 15.2. The lowest BCUT2D eigenvalue weighted by atomic mass is 10.3. The molecular weight excluding hydrogens is 245 g/mol. The SMILES string of the molecule is O=C(O)CCC(=O)NC(=O)NCCC(F)(F)F. The molecule has 0 atom stereocenters. The maximum absolute atomic E-state index is 11.7. The van der Waals surface area contributed by atoms with Gasteiger partial charge in [0.2, 0.25) is 5.91 Å². The van der Waals surface area contributed by atoms with Gasteiger partial charge in [0.1, 0.15) is 0 Å². The highest BCUT2D eigenvalue weighted by molar-refractivity contribution is 5.95. The van der Waals surface area contributed by atoms with Gasteiger partial charge in [-0.05, 0) is 0 Å². The third kappa shape index (κ3) is 10.5. The minimum atomic E-state index is -4.39. The number of carboxylic acids is 1. The van der Waals surface area contributed by atoms with E-state index in [4.69, 9.17) is 5.11 Å². The van der Waals surface area contributed by atoms with E-state index < -0.39 is 49.9 Å². The standard InChI is InChI=1S/C8H11F3N2O4/c9-8(10,11)3-4-12-7(17)13-5(14)1-2-6(15)16/h1-4H2,(H,15,16)(H2,12,13,14,17). The van der Waals surface area contributed by atoms with Crippen LogP contribution in [0.25, 0.3) is 0 Å². The van der Waals surface area contributed by atoms with E-state index in [2.05, 4.69) is 0 Å². The van der Waals surface area contributed by atoms with Crippen molar-refractivity contribution >= 4 is 17.9 Å². The minimum Gasteiger partial charge on any atom is -0.481 e. The quantitative estimate of drug-likeness (QED) is 0.672. The normalized spacial score (nSPS) is 10.8. The first-order chi connectivity index (χ1) is 7.70. The zero-order valence-electron chi connectivity index (χ0n) is 8.63. The average Bonchev–Trinajstić information content (AvgIpc) is 2.12.